The van der Waals surface area contributed by atoms with Gasteiger partial charge in [-0.05, 0) is 30.7 Å². The van der Waals surface area contributed by atoms with E-state index in [2.05, 4.69) is 17.0 Å². The summed E-state index contributed by atoms with van der Waals surface area (Å²) < 4.78 is 29.6. The predicted octanol–water partition coefficient (Wildman–Crippen LogP) is 1.58. The molecule has 1 fully saturated rings. The lowest BCUT2D eigenvalue weighted by Gasteiger charge is -2.32. The van der Waals surface area contributed by atoms with Gasteiger partial charge < -0.3 is 4.42 Å². The molecule has 0 aliphatic carbocycles. The molecule has 7 heteroatoms. The first kappa shape index (κ1) is 16.2. The fourth-order valence-corrected chi connectivity index (χ4v) is 3.49. The van der Waals surface area contributed by atoms with Gasteiger partial charge in [0, 0.05) is 38.3 Å². The van der Waals surface area contributed by atoms with E-state index in [1.165, 1.54) is 9.87 Å². The summed E-state index contributed by atoms with van der Waals surface area (Å²) in [6.07, 6.45) is 0. The Morgan fingerprint density at radius 3 is 2.48 bits per heavy atom. The van der Waals surface area contributed by atoms with E-state index >= 15 is 0 Å². The van der Waals surface area contributed by atoms with Crippen LogP contribution < -0.4 is 5.14 Å². The molecule has 0 unspecified atom stereocenters. The first-order valence-electron chi connectivity index (χ1n) is 7.58. The summed E-state index contributed by atoms with van der Waals surface area (Å²) in [5.41, 5.74) is 2.24. The van der Waals surface area contributed by atoms with Gasteiger partial charge in [0.15, 0.2) is 0 Å². The maximum absolute atomic E-state index is 11.3. The quantitative estimate of drug-likeness (QED) is 0.920. The van der Waals surface area contributed by atoms with E-state index < -0.39 is 10.2 Å². The molecule has 0 saturated carbocycles. The van der Waals surface area contributed by atoms with E-state index in [0.717, 1.165) is 23.6 Å². The molecular formula is C16H21N3O3S. The van der Waals surface area contributed by atoms with Crippen molar-refractivity contribution in [3.8, 4) is 11.3 Å². The fourth-order valence-electron chi connectivity index (χ4n) is 2.81. The van der Waals surface area contributed by atoms with E-state index in [-0.39, 0.29) is 0 Å². The number of nitrogens with zero attached hydrogens (tertiary/aromatic N) is 2. The van der Waals surface area contributed by atoms with Gasteiger partial charge in [-0.15, -0.1) is 0 Å². The molecule has 124 valence electrons. The van der Waals surface area contributed by atoms with Crippen LogP contribution in [0.4, 0.5) is 0 Å². The minimum Gasteiger partial charge on any atom is -0.461 e. The van der Waals surface area contributed by atoms with Crippen molar-refractivity contribution >= 4 is 10.2 Å². The van der Waals surface area contributed by atoms with E-state index in [1.807, 2.05) is 31.2 Å². The molecule has 1 aromatic carbocycles. The third kappa shape index (κ3) is 4.00. The molecule has 0 bridgehead atoms. The number of nitrogens with two attached hydrogens (primary N) is 1. The van der Waals surface area contributed by atoms with Crippen molar-refractivity contribution in [2.45, 2.75) is 13.5 Å². The summed E-state index contributed by atoms with van der Waals surface area (Å²) in [6.45, 7) is 4.96. The Kier molecular flexibility index (Phi) is 4.54. The Hall–Kier alpha value is -1.67. The highest BCUT2D eigenvalue weighted by molar-refractivity contribution is 7.86. The monoisotopic (exact) mass is 335 g/mol. The Balaban J connectivity index is 1.65. The molecule has 6 nitrogen and oxygen atoms in total. The van der Waals surface area contributed by atoms with Gasteiger partial charge in [0.25, 0.3) is 10.2 Å². The molecule has 3 rings (SSSR count). The van der Waals surface area contributed by atoms with Crippen LogP contribution in [-0.2, 0) is 16.8 Å². The first-order valence-corrected chi connectivity index (χ1v) is 9.08. The van der Waals surface area contributed by atoms with E-state index in [4.69, 9.17) is 9.56 Å². The molecule has 2 N–H and O–H groups in total. The molecule has 0 spiro atoms. The van der Waals surface area contributed by atoms with Crippen molar-refractivity contribution in [3.63, 3.8) is 0 Å². The van der Waals surface area contributed by atoms with Crippen LogP contribution in [0.25, 0.3) is 11.3 Å². The second-order valence-corrected chi connectivity index (χ2v) is 7.38. The Morgan fingerprint density at radius 1 is 1.13 bits per heavy atom. The topological polar surface area (TPSA) is 79.8 Å². The van der Waals surface area contributed by atoms with Crippen LogP contribution in [-0.4, -0.2) is 43.8 Å². The normalized spacial score (nSPS) is 17.5. The minimum absolute atomic E-state index is 0.440. The highest BCUT2D eigenvalue weighted by Crippen LogP contribution is 2.23. The molecule has 0 amide bonds. The fraction of sp³-hybridized carbons (Fsp3) is 0.375. The molecule has 1 aliphatic heterocycles. The molecule has 0 radical (unpaired) electrons. The average molecular weight is 335 g/mol. The van der Waals surface area contributed by atoms with Crippen molar-refractivity contribution in [1.82, 2.24) is 9.21 Å². The number of benzene rings is 1. The number of aryl methyl sites for hydroxylation is 1. The zero-order valence-electron chi connectivity index (χ0n) is 13.1. The average Bonchev–Trinajstić information content (AvgIpc) is 2.94. The van der Waals surface area contributed by atoms with Gasteiger partial charge in [0.2, 0.25) is 0 Å². The molecule has 23 heavy (non-hydrogen) atoms. The number of piperazine rings is 1. The van der Waals surface area contributed by atoms with E-state index in [1.54, 1.807) is 0 Å². The number of rotatable bonds is 4. The van der Waals surface area contributed by atoms with Crippen LogP contribution >= 0.6 is 0 Å². The summed E-state index contributed by atoms with van der Waals surface area (Å²) >= 11 is 0. The molecule has 1 aromatic heterocycles. The number of hydrogen-bond donors (Lipinski definition) is 1. The highest BCUT2D eigenvalue weighted by atomic mass is 32.2. The molecule has 0 atom stereocenters. The van der Waals surface area contributed by atoms with Crippen molar-refractivity contribution in [1.29, 1.82) is 0 Å². The van der Waals surface area contributed by atoms with Gasteiger partial charge in [0.05, 0.1) is 0 Å². The summed E-state index contributed by atoms with van der Waals surface area (Å²) in [4.78, 5) is 2.23. The van der Waals surface area contributed by atoms with Gasteiger partial charge in [-0.3, -0.25) is 4.90 Å². The molecule has 1 saturated heterocycles. The lowest BCUT2D eigenvalue weighted by Crippen LogP contribution is -2.50. The predicted molar refractivity (Wildman–Crippen MR) is 88.8 cm³/mol. The Labute approximate surface area is 136 Å². The maximum Gasteiger partial charge on any atom is 0.276 e. The lowest BCUT2D eigenvalue weighted by atomic mass is 10.1. The SMILES string of the molecule is Cc1ccc(-c2cccc(CN3CCN(S(N)(=O)=O)CC3)c2)o1. The van der Waals surface area contributed by atoms with Crippen molar-refractivity contribution < 1.29 is 12.8 Å². The zero-order valence-corrected chi connectivity index (χ0v) is 13.9. The third-order valence-electron chi connectivity index (χ3n) is 4.05. The lowest BCUT2D eigenvalue weighted by molar-refractivity contribution is 0.181. The highest BCUT2D eigenvalue weighted by Gasteiger charge is 2.23. The van der Waals surface area contributed by atoms with Crippen LogP contribution in [0.2, 0.25) is 0 Å². The van der Waals surface area contributed by atoms with Gasteiger partial charge in [0.1, 0.15) is 11.5 Å². The third-order valence-corrected chi connectivity index (χ3v) is 5.13. The van der Waals surface area contributed by atoms with Crippen molar-refractivity contribution in [3.05, 3.63) is 47.7 Å². The summed E-state index contributed by atoms with van der Waals surface area (Å²) in [7, 11) is -3.57. The minimum atomic E-state index is -3.57. The molecule has 1 aliphatic rings. The van der Waals surface area contributed by atoms with Crippen LogP contribution in [0.15, 0.2) is 40.8 Å². The van der Waals surface area contributed by atoms with Gasteiger partial charge >= 0.3 is 0 Å². The van der Waals surface area contributed by atoms with Crippen LogP contribution in [0.5, 0.6) is 0 Å². The Morgan fingerprint density at radius 2 is 1.87 bits per heavy atom. The van der Waals surface area contributed by atoms with E-state index in [0.29, 0.717) is 26.2 Å². The summed E-state index contributed by atoms with van der Waals surface area (Å²) in [5, 5.41) is 5.16. The number of hydrogen-bond acceptors (Lipinski definition) is 4. The van der Waals surface area contributed by atoms with Crippen LogP contribution in [0, 0.1) is 6.92 Å². The molecular weight excluding hydrogens is 314 g/mol. The molecule has 2 heterocycles. The van der Waals surface area contributed by atoms with Gasteiger partial charge in [-0.2, -0.15) is 12.7 Å². The standard InChI is InChI=1S/C16H21N3O3S/c1-13-5-6-16(22-13)15-4-2-3-14(11-15)12-18-7-9-19(10-8-18)23(17,20)21/h2-6,11H,7-10,12H2,1H3,(H2,17,20,21). The second-order valence-electron chi connectivity index (χ2n) is 5.83. The van der Waals surface area contributed by atoms with Crippen LogP contribution in [0.3, 0.4) is 0 Å². The van der Waals surface area contributed by atoms with Gasteiger partial charge in [-0.1, -0.05) is 18.2 Å². The summed E-state index contributed by atoms with van der Waals surface area (Å²) in [5.74, 6) is 1.76. The van der Waals surface area contributed by atoms with Crippen LogP contribution in [0.1, 0.15) is 11.3 Å². The number of furan rings is 1. The van der Waals surface area contributed by atoms with E-state index in [9.17, 15) is 8.42 Å². The smallest absolute Gasteiger partial charge is 0.276 e. The van der Waals surface area contributed by atoms with Crippen molar-refractivity contribution in [2.24, 2.45) is 5.14 Å². The second kappa shape index (κ2) is 6.45. The largest absolute Gasteiger partial charge is 0.461 e. The first-order chi connectivity index (χ1) is 10.9. The molecule has 2 aromatic rings. The maximum atomic E-state index is 11.3. The van der Waals surface area contributed by atoms with Gasteiger partial charge in [-0.25, -0.2) is 5.14 Å². The van der Waals surface area contributed by atoms with Crippen molar-refractivity contribution in [2.75, 3.05) is 26.2 Å². The zero-order chi connectivity index (χ0) is 16.4. The Bertz CT molecular complexity index is 777. The summed E-state index contributed by atoms with van der Waals surface area (Å²) in [6, 6.07) is 12.2.